The van der Waals surface area contributed by atoms with E-state index >= 15 is 0 Å². The van der Waals surface area contributed by atoms with Gasteiger partial charge in [-0.25, -0.2) is 0 Å². The number of allylic oxidation sites excluding steroid dienone is 5. The van der Waals surface area contributed by atoms with E-state index in [9.17, 15) is 0 Å². The van der Waals surface area contributed by atoms with E-state index in [-0.39, 0.29) is 22.2 Å². The second-order valence-electron chi connectivity index (χ2n) is 25.9. The topological polar surface area (TPSA) is 8.17 Å². The maximum absolute atomic E-state index is 4.15. The molecule has 412 valence electrons. The fraction of sp³-hybridized carbons (Fsp3) is 0.205. The van der Waals surface area contributed by atoms with Crippen LogP contribution in [0.1, 0.15) is 116 Å². The van der Waals surface area contributed by atoms with Gasteiger partial charge >= 0.3 is 0 Å². The van der Waals surface area contributed by atoms with Crippen LogP contribution in [0.25, 0.3) is 72.0 Å². The van der Waals surface area contributed by atoms with Gasteiger partial charge in [0.2, 0.25) is 0 Å². The number of rotatable bonds is 7. The summed E-state index contributed by atoms with van der Waals surface area (Å²) < 4.78 is 2.41. The SMILES string of the molecule is C=C/C=C(\C=C/C)n1c2ccccc2c2cc(N(c3ccc(-c4ccccc4)cc3)c3ccc4c(c3)C35CCC(CC67CC(CCC8(CCC(C3)c3ccccc3-c3ccccc38)C56)c3ccccc3-c3ccccc37)c3ccccc3-4)ccc21. The lowest BCUT2D eigenvalue weighted by Crippen LogP contribution is -2.56. The molecule has 17 rings (SSSR count). The Hall–Kier alpha value is -8.98. The molecule has 7 unspecified atom stereocenters. The second-order valence-corrected chi connectivity index (χ2v) is 25.9. The third kappa shape index (κ3) is 7.43. The zero-order valence-electron chi connectivity index (χ0n) is 48.6. The molecule has 1 heterocycles. The van der Waals surface area contributed by atoms with Gasteiger partial charge < -0.3 is 9.47 Å². The molecule has 11 aromatic rings. The third-order valence-electron chi connectivity index (χ3n) is 22.1. The van der Waals surface area contributed by atoms with Gasteiger partial charge in [0.15, 0.2) is 0 Å². The smallest absolute Gasteiger partial charge is 0.0542 e. The van der Waals surface area contributed by atoms with E-state index in [0.29, 0.717) is 17.8 Å². The summed E-state index contributed by atoms with van der Waals surface area (Å²) in [5, 5.41) is 2.46. The molecule has 3 saturated carbocycles. The Morgan fingerprint density at radius 2 is 0.894 bits per heavy atom. The minimum atomic E-state index is -0.237. The largest absolute Gasteiger partial charge is 0.310 e. The van der Waals surface area contributed by atoms with Gasteiger partial charge in [-0.15, -0.1) is 0 Å². The van der Waals surface area contributed by atoms with Crippen molar-refractivity contribution in [2.24, 2.45) is 5.92 Å². The Morgan fingerprint density at radius 1 is 0.424 bits per heavy atom. The molecular weight excluding hydrogens is 1020 g/mol. The van der Waals surface area contributed by atoms with E-state index in [1.54, 1.807) is 27.8 Å². The molecule has 6 aliphatic carbocycles. The van der Waals surface area contributed by atoms with E-state index in [0.717, 1.165) is 49.2 Å². The Labute approximate surface area is 501 Å². The maximum atomic E-state index is 4.15. The summed E-state index contributed by atoms with van der Waals surface area (Å²) >= 11 is 0. The van der Waals surface area contributed by atoms with Crippen LogP contribution in [0.3, 0.4) is 0 Å². The van der Waals surface area contributed by atoms with Crippen molar-refractivity contribution < 1.29 is 0 Å². The molecule has 2 nitrogen and oxygen atoms in total. The fourth-order valence-corrected chi connectivity index (χ4v) is 19.3. The highest BCUT2D eigenvalue weighted by atomic mass is 15.1. The summed E-state index contributed by atoms with van der Waals surface area (Å²) in [7, 11) is 0. The summed E-state index contributed by atoms with van der Waals surface area (Å²) in [4.78, 5) is 2.61. The molecule has 7 atom stereocenters. The molecule has 0 saturated heterocycles. The van der Waals surface area contributed by atoms with Gasteiger partial charge in [-0.2, -0.15) is 0 Å². The lowest BCUT2D eigenvalue weighted by molar-refractivity contribution is 0.0565. The van der Waals surface area contributed by atoms with Crippen molar-refractivity contribution in [2.45, 2.75) is 98.7 Å². The van der Waals surface area contributed by atoms with Crippen LogP contribution in [0, 0.1) is 5.92 Å². The van der Waals surface area contributed by atoms with Crippen LogP contribution in [0.15, 0.2) is 267 Å². The Morgan fingerprint density at radius 3 is 1.52 bits per heavy atom. The van der Waals surface area contributed by atoms with E-state index < -0.39 is 0 Å². The number of fused-ring (bicyclic) bond motifs is 20. The van der Waals surface area contributed by atoms with Crippen LogP contribution in [0.4, 0.5) is 17.1 Å². The molecule has 1 aromatic heterocycles. The number of para-hydroxylation sites is 1. The van der Waals surface area contributed by atoms with Gasteiger partial charge in [-0.1, -0.05) is 207 Å². The minimum Gasteiger partial charge on any atom is -0.310 e. The van der Waals surface area contributed by atoms with Gasteiger partial charge in [0.1, 0.15) is 0 Å². The van der Waals surface area contributed by atoms with E-state index in [2.05, 4.69) is 278 Å². The quantitative estimate of drug-likeness (QED) is 0.144. The first-order valence-corrected chi connectivity index (χ1v) is 31.5. The molecule has 3 spiro atoms. The van der Waals surface area contributed by atoms with Crippen molar-refractivity contribution in [1.29, 1.82) is 0 Å². The van der Waals surface area contributed by atoms with Crippen molar-refractivity contribution in [3.63, 3.8) is 0 Å². The molecule has 0 radical (unpaired) electrons. The first-order valence-electron chi connectivity index (χ1n) is 31.5. The minimum absolute atomic E-state index is 0.121. The first-order chi connectivity index (χ1) is 42.0. The predicted molar refractivity (Wildman–Crippen MR) is 356 cm³/mol. The van der Waals surface area contributed by atoms with Gasteiger partial charge in [-0.05, 0) is 227 Å². The molecule has 3 fully saturated rings. The molecule has 0 aliphatic heterocycles. The number of benzene rings is 10. The van der Waals surface area contributed by atoms with Gasteiger partial charge in [0.25, 0.3) is 0 Å². The highest BCUT2D eigenvalue weighted by Gasteiger charge is 2.68. The number of aromatic nitrogens is 1. The standard InChI is InChI=1S/C83H70N2/c1-3-20-60(21-4-2)85-78-35-19-16-32-73(78)74-50-62(41-43-79(74)85)84(61-38-36-56(37-39-61)55-22-6-5-7-23-55)63-40-42-72-69-29-13-10-26-66(69)59-46-49-82(77(72)51-63)52-57-44-47-81(75-33-17-14-30-70(75)67-27-11-8-24-64(57)67)48-45-58-53-83(54-59,80(81)82)76-34-18-15-31-71(76)68-28-12-9-25-65(58)68/h3-43,50-51,57-59,80H,1,44-49,52-54H2,2H3/b21-4-,60-20+. The van der Waals surface area contributed by atoms with Crippen LogP contribution in [0.5, 0.6) is 0 Å². The fourth-order valence-electron chi connectivity index (χ4n) is 19.3. The normalized spacial score (nSPS) is 24.1. The zero-order chi connectivity index (χ0) is 56.4. The summed E-state index contributed by atoms with van der Waals surface area (Å²) in [6.07, 6.45) is 18.8. The molecule has 0 amide bonds. The van der Waals surface area contributed by atoms with Crippen molar-refractivity contribution >= 4 is 44.6 Å². The van der Waals surface area contributed by atoms with Crippen LogP contribution in [-0.4, -0.2) is 4.57 Å². The maximum Gasteiger partial charge on any atom is 0.0542 e. The number of hydrogen-bond donors (Lipinski definition) is 0. The average molecular weight is 1100 g/mol. The predicted octanol–water partition coefficient (Wildman–Crippen LogP) is 22.1. The van der Waals surface area contributed by atoms with Crippen molar-refractivity contribution in [2.75, 3.05) is 4.90 Å². The van der Waals surface area contributed by atoms with E-state index in [4.69, 9.17) is 0 Å². The van der Waals surface area contributed by atoms with E-state index in [1.807, 2.05) is 6.08 Å². The highest BCUT2D eigenvalue weighted by molar-refractivity contribution is 6.12. The van der Waals surface area contributed by atoms with Crippen LogP contribution in [-0.2, 0) is 16.2 Å². The average Bonchev–Trinajstić information content (AvgIpc) is 1.59. The molecule has 10 aromatic carbocycles. The molecule has 6 bridgehead atoms. The Kier molecular flexibility index (Phi) is 11.6. The Bertz CT molecular complexity index is 4550. The molecule has 0 N–H and O–H groups in total. The van der Waals surface area contributed by atoms with Crippen molar-refractivity contribution in [1.82, 2.24) is 4.57 Å². The number of hydrogen-bond acceptors (Lipinski definition) is 1. The summed E-state index contributed by atoms with van der Waals surface area (Å²) in [6.45, 7) is 6.25. The third-order valence-corrected chi connectivity index (χ3v) is 22.1. The van der Waals surface area contributed by atoms with Crippen LogP contribution < -0.4 is 4.90 Å². The first kappa shape index (κ1) is 50.5. The van der Waals surface area contributed by atoms with Gasteiger partial charge in [0, 0.05) is 49.8 Å². The van der Waals surface area contributed by atoms with Crippen molar-refractivity contribution in [3.8, 4) is 44.5 Å². The molecular formula is C83H70N2. The lowest BCUT2D eigenvalue weighted by atomic mass is 9.44. The van der Waals surface area contributed by atoms with Gasteiger partial charge in [0.05, 0.1) is 11.0 Å². The summed E-state index contributed by atoms with van der Waals surface area (Å²) in [5.41, 5.74) is 27.0. The Balaban J connectivity index is 0.985. The van der Waals surface area contributed by atoms with Gasteiger partial charge in [-0.3, -0.25) is 0 Å². The summed E-state index contributed by atoms with van der Waals surface area (Å²) in [6, 6.07) is 93.2. The molecule has 2 heteroatoms. The monoisotopic (exact) mass is 1090 g/mol. The molecule has 6 aliphatic rings. The summed E-state index contributed by atoms with van der Waals surface area (Å²) in [5.74, 6) is 1.50. The van der Waals surface area contributed by atoms with E-state index in [1.165, 1.54) is 103 Å². The highest BCUT2D eigenvalue weighted by Crippen LogP contribution is 2.75. The van der Waals surface area contributed by atoms with Crippen LogP contribution >= 0.6 is 0 Å². The zero-order valence-corrected chi connectivity index (χ0v) is 48.6. The molecule has 85 heavy (non-hydrogen) atoms. The van der Waals surface area contributed by atoms with Crippen molar-refractivity contribution in [3.05, 3.63) is 301 Å². The second kappa shape index (κ2) is 19.5. The van der Waals surface area contributed by atoms with Crippen LogP contribution in [0.2, 0.25) is 0 Å². The number of nitrogens with zero attached hydrogens (tertiary/aromatic N) is 2. The lowest BCUT2D eigenvalue weighted by Gasteiger charge is -2.58. The number of anilines is 3.